The quantitative estimate of drug-likeness (QED) is 0.152. The second-order valence-electron chi connectivity index (χ2n) is 17.3. The van der Waals surface area contributed by atoms with E-state index in [0.717, 1.165) is 89.2 Å². The average Bonchev–Trinajstić information content (AvgIpc) is 3.95. The lowest BCUT2D eigenvalue weighted by Crippen LogP contribution is -2.09. The molecule has 3 nitrogen and oxygen atoms in total. The van der Waals surface area contributed by atoms with Crippen LogP contribution in [0.25, 0.3) is 105 Å². The number of rotatable bonds is 8. The zero-order chi connectivity index (χ0) is 44.3. The summed E-state index contributed by atoms with van der Waals surface area (Å²) in [6.45, 7) is 0. The standard InChI is InChI=1S/C64H42N2O/c1-3-21-52(22-4-1)65(55-34-32-43-16-7-8-17-46(43)40-55)54-25-14-20-47(41-54)44-18-13-19-45(36-44)49-37-50(39-51(38-49)56-28-15-29-59-58-27-10-12-31-63(58)67-64(56)59)48-33-35-62-60(42-48)57-26-9-11-30-61(57)66(62)53-23-5-2-6-24-53/h1-42H. The molecule has 0 fully saturated rings. The molecular weight excluding hydrogens is 813 g/mol. The number of benzene rings is 11. The lowest BCUT2D eigenvalue weighted by Gasteiger charge is -2.26. The van der Waals surface area contributed by atoms with Crippen molar-refractivity contribution in [3.63, 3.8) is 0 Å². The van der Waals surface area contributed by atoms with Crippen LogP contribution in [0.4, 0.5) is 17.1 Å². The van der Waals surface area contributed by atoms with Crippen LogP contribution in [-0.4, -0.2) is 4.57 Å². The Morgan fingerprint density at radius 3 is 1.70 bits per heavy atom. The van der Waals surface area contributed by atoms with Gasteiger partial charge in [0.25, 0.3) is 0 Å². The van der Waals surface area contributed by atoms with Crippen molar-refractivity contribution in [3.05, 3.63) is 255 Å². The van der Waals surface area contributed by atoms with Gasteiger partial charge in [-0.1, -0.05) is 158 Å². The summed E-state index contributed by atoms with van der Waals surface area (Å²) in [6, 6.07) is 92.0. The summed E-state index contributed by atoms with van der Waals surface area (Å²) in [5, 5.41) is 7.12. The highest BCUT2D eigenvalue weighted by atomic mass is 16.3. The van der Waals surface area contributed by atoms with Crippen molar-refractivity contribution in [2.45, 2.75) is 0 Å². The highest BCUT2D eigenvalue weighted by molar-refractivity contribution is 6.12. The first-order valence-electron chi connectivity index (χ1n) is 22.9. The van der Waals surface area contributed by atoms with Crippen molar-refractivity contribution < 1.29 is 4.42 Å². The number of hydrogen-bond acceptors (Lipinski definition) is 2. The molecule has 0 N–H and O–H groups in total. The van der Waals surface area contributed by atoms with Gasteiger partial charge in [0, 0.05) is 49.9 Å². The van der Waals surface area contributed by atoms with Gasteiger partial charge in [-0.05, 0) is 147 Å². The molecule has 0 aliphatic rings. The van der Waals surface area contributed by atoms with Gasteiger partial charge in [0.2, 0.25) is 0 Å². The van der Waals surface area contributed by atoms with E-state index in [-0.39, 0.29) is 0 Å². The van der Waals surface area contributed by atoms with E-state index in [1.54, 1.807) is 0 Å². The monoisotopic (exact) mass is 854 g/mol. The van der Waals surface area contributed by atoms with Crippen molar-refractivity contribution >= 4 is 71.6 Å². The summed E-state index contributed by atoms with van der Waals surface area (Å²) < 4.78 is 9.04. The Kier molecular flexibility index (Phi) is 9.17. The van der Waals surface area contributed by atoms with E-state index in [9.17, 15) is 0 Å². The van der Waals surface area contributed by atoms with E-state index < -0.39 is 0 Å². The van der Waals surface area contributed by atoms with Crippen LogP contribution in [0.3, 0.4) is 0 Å². The van der Waals surface area contributed by atoms with E-state index in [2.05, 4.69) is 258 Å². The van der Waals surface area contributed by atoms with Crippen molar-refractivity contribution in [1.82, 2.24) is 4.57 Å². The first-order chi connectivity index (χ1) is 33.2. The van der Waals surface area contributed by atoms with Gasteiger partial charge in [0.15, 0.2) is 0 Å². The topological polar surface area (TPSA) is 21.3 Å². The molecule has 13 aromatic rings. The molecule has 13 rings (SSSR count). The summed E-state index contributed by atoms with van der Waals surface area (Å²) in [7, 11) is 0. The first kappa shape index (κ1) is 38.5. The number of furan rings is 1. The molecule has 3 heteroatoms. The summed E-state index contributed by atoms with van der Waals surface area (Å²) in [5.41, 5.74) is 17.6. The van der Waals surface area contributed by atoms with Crippen LogP contribution in [0.2, 0.25) is 0 Å². The van der Waals surface area contributed by atoms with Gasteiger partial charge in [-0.2, -0.15) is 0 Å². The third kappa shape index (κ3) is 6.76. The van der Waals surface area contributed by atoms with E-state index in [0.29, 0.717) is 0 Å². The maximum Gasteiger partial charge on any atom is 0.143 e. The van der Waals surface area contributed by atoms with E-state index in [1.807, 2.05) is 6.07 Å². The fourth-order valence-electron chi connectivity index (χ4n) is 10.1. The van der Waals surface area contributed by atoms with Gasteiger partial charge in [-0.15, -0.1) is 0 Å². The number of aromatic nitrogens is 1. The Hall–Kier alpha value is -8.92. The van der Waals surface area contributed by atoms with E-state index >= 15 is 0 Å². The highest BCUT2D eigenvalue weighted by Gasteiger charge is 2.18. The van der Waals surface area contributed by atoms with Gasteiger partial charge in [0.05, 0.1) is 11.0 Å². The molecule has 2 aromatic heterocycles. The van der Waals surface area contributed by atoms with Crippen LogP contribution < -0.4 is 4.90 Å². The normalized spacial score (nSPS) is 11.6. The summed E-state index contributed by atoms with van der Waals surface area (Å²) in [4.78, 5) is 2.35. The molecule has 0 saturated carbocycles. The molecule has 67 heavy (non-hydrogen) atoms. The van der Waals surface area contributed by atoms with Gasteiger partial charge in [-0.25, -0.2) is 0 Å². The number of fused-ring (bicyclic) bond motifs is 7. The van der Waals surface area contributed by atoms with Crippen molar-refractivity contribution in [3.8, 4) is 50.2 Å². The lowest BCUT2D eigenvalue weighted by atomic mass is 9.91. The Labute approximate surface area is 388 Å². The maximum atomic E-state index is 6.67. The zero-order valence-electron chi connectivity index (χ0n) is 36.6. The minimum Gasteiger partial charge on any atom is -0.455 e. The zero-order valence-corrected chi connectivity index (χ0v) is 36.6. The second-order valence-corrected chi connectivity index (χ2v) is 17.3. The summed E-state index contributed by atoms with van der Waals surface area (Å²) in [6.07, 6.45) is 0. The molecule has 0 radical (unpaired) electrons. The molecule has 0 aliphatic carbocycles. The predicted molar refractivity (Wildman–Crippen MR) is 282 cm³/mol. The molecular formula is C64H42N2O. The third-order valence-electron chi connectivity index (χ3n) is 13.3. The Balaban J connectivity index is 0.965. The third-order valence-corrected chi connectivity index (χ3v) is 13.3. The van der Waals surface area contributed by atoms with Crippen LogP contribution in [0.5, 0.6) is 0 Å². The molecule has 314 valence electrons. The van der Waals surface area contributed by atoms with Gasteiger partial charge < -0.3 is 13.9 Å². The number of nitrogens with zero attached hydrogens (tertiary/aromatic N) is 2. The fourth-order valence-corrected chi connectivity index (χ4v) is 10.1. The molecule has 11 aromatic carbocycles. The average molecular weight is 855 g/mol. The van der Waals surface area contributed by atoms with Crippen LogP contribution >= 0.6 is 0 Å². The smallest absolute Gasteiger partial charge is 0.143 e. The Morgan fingerprint density at radius 2 is 0.866 bits per heavy atom. The van der Waals surface area contributed by atoms with Crippen LogP contribution in [0.15, 0.2) is 259 Å². The maximum absolute atomic E-state index is 6.67. The Bertz CT molecular complexity index is 3990. The van der Waals surface area contributed by atoms with Gasteiger partial charge >= 0.3 is 0 Å². The number of hydrogen-bond donors (Lipinski definition) is 0. The SMILES string of the molecule is c1ccc(N(c2cccc(-c3cccc(-c4cc(-c5ccc6c(c5)c5ccccc5n6-c5ccccc5)cc(-c5cccc6c5oc5ccccc56)c4)c3)c2)c2ccc3ccccc3c2)cc1. The van der Waals surface area contributed by atoms with Crippen LogP contribution in [0.1, 0.15) is 0 Å². The van der Waals surface area contributed by atoms with Crippen LogP contribution in [-0.2, 0) is 0 Å². The van der Waals surface area contributed by atoms with Crippen molar-refractivity contribution in [2.24, 2.45) is 0 Å². The Morgan fingerprint density at radius 1 is 0.299 bits per heavy atom. The molecule has 0 atom stereocenters. The molecule has 0 unspecified atom stereocenters. The second kappa shape index (κ2) is 16.0. The fraction of sp³-hybridized carbons (Fsp3) is 0. The minimum atomic E-state index is 0.892. The number of para-hydroxylation sites is 5. The van der Waals surface area contributed by atoms with E-state index in [4.69, 9.17) is 4.42 Å². The number of anilines is 3. The lowest BCUT2D eigenvalue weighted by molar-refractivity contribution is 0.670. The predicted octanol–water partition coefficient (Wildman–Crippen LogP) is 18.0. The summed E-state index contributed by atoms with van der Waals surface area (Å²) >= 11 is 0. The first-order valence-corrected chi connectivity index (χ1v) is 22.9. The molecule has 0 saturated heterocycles. The molecule has 0 aliphatic heterocycles. The van der Waals surface area contributed by atoms with Crippen molar-refractivity contribution in [2.75, 3.05) is 4.90 Å². The van der Waals surface area contributed by atoms with Crippen molar-refractivity contribution in [1.29, 1.82) is 0 Å². The molecule has 2 heterocycles. The largest absolute Gasteiger partial charge is 0.455 e. The van der Waals surface area contributed by atoms with Gasteiger partial charge in [0.1, 0.15) is 11.2 Å². The van der Waals surface area contributed by atoms with Crippen LogP contribution in [0, 0.1) is 0 Å². The minimum absolute atomic E-state index is 0.892. The highest BCUT2D eigenvalue weighted by Crippen LogP contribution is 2.43. The van der Waals surface area contributed by atoms with Gasteiger partial charge in [-0.3, -0.25) is 0 Å². The van der Waals surface area contributed by atoms with E-state index in [1.165, 1.54) is 32.6 Å². The molecule has 0 bridgehead atoms. The summed E-state index contributed by atoms with van der Waals surface area (Å²) in [5.74, 6) is 0. The molecule has 0 amide bonds. The molecule has 0 spiro atoms.